The normalized spacial score (nSPS) is 10.4. The number of benzene rings is 2. The molecule has 1 amide bonds. The summed E-state index contributed by atoms with van der Waals surface area (Å²) < 4.78 is 0. The number of nitrogens with one attached hydrogen (secondary N) is 1. The van der Waals surface area contributed by atoms with Gasteiger partial charge in [-0.15, -0.1) is 11.8 Å². The molecule has 0 saturated carbocycles. The standard InChI is InChI=1S/C17H20N2OS/c1-11-4-5-13(3)16(8-11)21-10-17(20)19-14-7-6-12(2)15(18)9-14/h4-9H,10,18H2,1-3H3,(H,19,20). The van der Waals surface area contributed by atoms with Crippen LogP contribution in [0.25, 0.3) is 0 Å². The SMILES string of the molecule is Cc1ccc(C)c(SCC(=O)Nc2ccc(C)c(N)c2)c1. The molecule has 2 rings (SSSR count). The molecule has 0 aliphatic heterocycles. The van der Waals surface area contributed by atoms with E-state index >= 15 is 0 Å². The maximum absolute atomic E-state index is 12.0. The van der Waals surface area contributed by atoms with Gasteiger partial charge in [0.05, 0.1) is 5.75 Å². The van der Waals surface area contributed by atoms with Crippen LogP contribution in [0, 0.1) is 20.8 Å². The molecule has 3 N–H and O–H groups in total. The third kappa shape index (κ3) is 4.26. The van der Waals surface area contributed by atoms with Crippen LogP contribution in [0.4, 0.5) is 11.4 Å². The largest absolute Gasteiger partial charge is 0.398 e. The van der Waals surface area contributed by atoms with E-state index in [0.29, 0.717) is 11.4 Å². The molecule has 0 aromatic heterocycles. The number of amides is 1. The fourth-order valence-corrected chi connectivity index (χ4v) is 2.85. The molecule has 2 aromatic rings. The third-order valence-corrected chi connectivity index (χ3v) is 4.42. The van der Waals surface area contributed by atoms with Crippen molar-refractivity contribution in [1.29, 1.82) is 0 Å². The summed E-state index contributed by atoms with van der Waals surface area (Å²) in [7, 11) is 0. The molecular formula is C17H20N2OS. The van der Waals surface area contributed by atoms with E-state index in [0.717, 1.165) is 16.1 Å². The van der Waals surface area contributed by atoms with Crippen molar-refractivity contribution < 1.29 is 4.79 Å². The van der Waals surface area contributed by atoms with E-state index in [9.17, 15) is 4.79 Å². The first-order valence-electron chi connectivity index (χ1n) is 6.82. The van der Waals surface area contributed by atoms with E-state index in [1.165, 1.54) is 11.1 Å². The minimum absolute atomic E-state index is 0.0239. The van der Waals surface area contributed by atoms with E-state index < -0.39 is 0 Å². The van der Waals surface area contributed by atoms with Gasteiger partial charge in [-0.05, 0) is 50.1 Å². The molecule has 0 atom stereocenters. The van der Waals surface area contributed by atoms with Crippen molar-refractivity contribution in [3.8, 4) is 0 Å². The minimum Gasteiger partial charge on any atom is -0.398 e. The van der Waals surface area contributed by atoms with Crippen molar-refractivity contribution in [3.05, 3.63) is 53.1 Å². The lowest BCUT2D eigenvalue weighted by Crippen LogP contribution is -2.14. The van der Waals surface area contributed by atoms with Crippen LogP contribution in [0.1, 0.15) is 16.7 Å². The van der Waals surface area contributed by atoms with Gasteiger partial charge in [-0.25, -0.2) is 0 Å². The van der Waals surface area contributed by atoms with E-state index in [2.05, 4.69) is 37.4 Å². The van der Waals surface area contributed by atoms with Gasteiger partial charge in [0.15, 0.2) is 0 Å². The lowest BCUT2D eigenvalue weighted by Gasteiger charge is -2.09. The molecule has 0 saturated heterocycles. The number of nitrogen functional groups attached to an aromatic ring is 1. The maximum Gasteiger partial charge on any atom is 0.234 e. The number of aryl methyl sites for hydroxylation is 3. The monoisotopic (exact) mass is 300 g/mol. The second kappa shape index (κ2) is 6.68. The number of nitrogens with two attached hydrogens (primary N) is 1. The summed E-state index contributed by atoms with van der Waals surface area (Å²) in [5.41, 5.74) is 10.7. The van der Waals surface area contributed by atoms with Crippen LogP contribution in [0.3, 0.4) is 0 Å². The summed E-state index contributed by atoms with van der Waals surface area (Å²) >= 11 is 1.55. The molecule has 21 heavy (non-hydrogen) atoms. The van der Waals surface area contributed by atoms with Gasteiger partial charge in [0.2, 0.25) is 5.91 Å². The number of hydrogen-bond donors (Lipinski definition) is 2. The first-order chi connectivity index (χ1) is 9.95. The van der Waals surface area contributed by atoms with Gasteiger partial charge < -0.3 is 11.1 Å². The van der Waals surface area contributed by atoms with Crippen LogP contribution in [0.2, 0.25) is 0 Å². The van der Waals surface area contributed by atoms with Crippen molar-refractivity contribution in [2.45, 2.75) is 25.7 Å². The van der Waals surface area contributed by atoms with Crippen LogP contribution in [-0.4, -0.2) is 11.7 Å². The minimum atomic E-state index is -0.0239. The highest BCUT2D eigenvalue weighted by atomic mass is 32.2. The summed E-state index contributed by atoms with van der Waals surface area (Å²) in [5.74, 6) is 0.363. The van der Waals surface area contributed by atoms with Crippen LogP contribution in [-0.2, 0) is 4.79 Å². The van der Waals surface area contributed by atoms with Crippen molar-refractivity contribution in [1.82, 2.24) is 0 Å². The molecular weight excluding hydrogens is 280 g/mol. The average Bonchev–Trinajstić information content (AvgIpc) is 2.44. The fraction of sp³-hybridized carbons (Fsp3) is 0.235. The van der Waals surface area contributed by atoms with E-state index in [-0.39, 0.29) is 5.91 Å². The number of thioether (sulfide) groups is 1. The molecule has 3 nitrogen and oxygen atoms in total. The molecule has 0 spiro atoms. The fourth-order valence-electron chi connectivity index (χ4n) is 1.92. The van der Waals surface area contributed by atoms with Gasteiger partial charge in [-0.2, -0.15) is 0 Å². The Labute approximate surface area is 129 Å². The van der Waals surface area contributed by atoms with Crippen LogP contribution in [0.15, 0.2) is 41.3 Å². The zero-order valence-electron chi connectivity index (χ0n) is 12.6. The Kier molecular flexibility index (Phi) is 4.91. The molecule has 0 heterocycles. The van der Waals surface area contributed by atoms with Gasteiger partial charge >= 0.3 is 0 Å². The smallest absolute Gasteiger partial charge is 0.234 e. The van der Waals surface area contributed by atoms with E-state index in [4.69, 9.17) is 5.73 Å². The molecule has 0 aliphatic carbocycles. The zero-order valence-corrected chi connectivity index (χ0v) is 13.4. The van der Waals surface area contributed by atoms with Crippen molar-refractivity contribution in [2.75, 3.05) is 16.8 Å². The Bertz CT molecular complexity index is 668. The Morgan fingerprint density at radius 1 is 1.10 bits per heavy atom. The molecule has 4 heteroatoms. The van der Waals surface area contributed by atoms with Crippen molar-refractivity contribution >= 4 is 29.0 Å². The van der Waals surface area contributed by atoms with E-state index in [1.54, 1.807) is 17.8 Å². The highest BCUT2D eigenvalue weighted by Crippen LogP contribution is 2.24. The van der Waals surface area contributed by atoms with Gasteiger partial charge in [0.1, 0.15) is 0 Å². The summed E-state index contributed by atoms with van der Waals surface area (Å²) in [4.78, 5) is 13.2. The summed E-state index contributed by atoms with van der Waals surface area (Å²) in [6, 6.07) is 11.8. The Hall–Kier alpha value is -1.94. The summed E-state index contributed by atoms with van der Waals surface area (Å²) in [5, 5.41) is 2.87. The van der Waals surface area contributed by atoms with Gasteiger partial charge in [0.25, 0.3) is 0 Å². The third-order valence-electron chi connectivity index (χ3n) is 3.27. The second-order valence-electron chi connectivity index (χ2n) is 5.18. The van der Waals surface area contributed by atoms with Crippen molar-refractivity contribution in [3.63, 3.8) is 0 Å². The maximum atomic E-state index is 12.0. The first kappa shape index (κ1) is 15.4. The molecule has 2 aromatic carbocycles. The second-order valence-corrected chi connectivity index (χ2v) is 6.19. The topological polar surface area (TPSA) is 55.1 Å². The molecule has 0 radical (unpaired) electrons. The Balaban J connectivity index is 1.95. The Morgan fingerprint density at radius 2 is 1.81 bits per heavy atom. The average molecular weight is 300 g/mol. The highest BCUT2D eigenvalue weighted by Gasteiger charge is 2.06. The van der Waals surface area contributed by atoms with Gasteiger partial charge in [0, 0.05) is 16.3 Å². The zero-order chi connectivity index (χ0) is 15.4. The number of carbonyl (C=O) groups is 1. The number of anilines is 2. The number of carbonyl (C=O) groups excluding carboxylic acids is 1. The Morgan fingerprint density at radius 3 is 2.52 bits per heavy atom. The quantitative estimate of drug-likeness (QED) is 0.664. The molecule has 110 valence electrons. The van der Waals surface area contributed by atoms with Crippen LogP contribution < -0.4 is 11.1 Å². The summed E-state index contributed by atoms with van der Waals surface area (Å²) in [6.07, 6.45) is 0. The van der Waals surface area contributed by atoms with Gasteiger partial charge in [-0.1, -0.05) is 23.8 Å². The van der Waals surface area contributed by atoms with Crippen LogP contribution >= 0.6 is 11.8 Å². The van der Waals surface area contributed by atoms with Gasteiger partial charge in [-0.3, -0.25) is 4.79 Å². The molecule has 0 unspecified atom stereocenters. The molecule has 0 aliphatic rings. The summed E-state index contributed by atoms with van der Waals surface area (Å²) in [6.45, 7) is 6.05. The highest BCUT2D eigenvalue weighted by molar-refractivity contribution is 8.00. The van der Waals surface area contributed by atoms with Crippen LogP contribution in [0.5, 0.6) is 0 Å². The lowest BCUT2D eigenvalue weighted by atomic mass is 10.2. The molecule has 0 bridgehead atoms. The number of rotatable bonds is 4. The number of hydrogen-bond acceptors (Lipinski definition) is 3. The predicted molar refractivity (Wildman–Crippen MR) is 90.9 cm³/mol. The molecule has 0 fully saturated rings. The van der Waals surface area contributed by atoms with Crippen molar-refractivity contribution in [2.24, 2.45) is 0 Å². The first-order valence-corrected chi connectivity index (χ1v) is 7.80. The lowest BCUT2D eigenvalue weighted by molar-refractivity contribution is -0.113. The van der Waals surface area contributed by atoms with E-state index in [1.807, 2.05) is 19.1 Å². The predicted octanol–water partition coefficient (Wildman–Crippen LogP) is 3.92.